The van der Waals surface area contributed by atoms with Gasteiger partial charge in [0.15, 0.2) is 5.84 Å². The highest BCUT2D eigenvalue weighted by atomic mass is 19.4. The molecule has 4 nitrogen and oxygen atoms in total. The van der Waals surface area contributed by atoms with E-state index in [9.17, 15) is 13.2 Å². The molecule has 0 bridgehead atoms. The van der Waals surface area contributed by atoms with Crippen LogP contribution in [0.25, 0.3) is 0 Å². The van der Waals surface area contributed by atoms with Gasteiger partial charge in [-0.15, -0.1) is 0 Å². The van der Waals surface area contributed by atoms with Gasteiger partial charge in [0.05, 0.1) is 0 Å². The van der Waals surface area contributed by atoms with Crippen molar-refractivity contribution in [3.63, 3.8) is 0 Å². The van der Waals surface area contributed by atoms with Crippen LogP contribution in [0.2, 0.25) is 0 Å². The molecule has 18 heavy (non-hydrogen) atoms. The minimum Gasteiger partial charge on any atom is -0.409 e. The minimum absolute atomic E-state index is 0.0451. The maximum absolute atomic E-state index is 12.7. The maximum Gasteiger partial charge on any atom is 0.400 e. The van der Waals surface area contributed by atoms with Crippen molar-refractivity contribution >= 4 is 5.84 Å². The van der Waals surface area contributed by atoms with Crippen LogP contribution in [-0.4, -0.2) is 29.8 Å². The molecule has 0 aliphatic heterocycles. The van der Waals surface area contributed by atoms with E-state index in [0.29, 0.717) is 5.92 Å². The second-order valence-corrected chi connectivity index (χ2v) is 4.39. The Labute approximate surface area is 105 Å². The molecule has 0 saturated carbocycles. The third-order valence-electron chi connectivity index (χ3n) is 3.27. The molecule has 108 valence electrons. The van der Waals surface area contributed by atoms with Crippen LogP contribution in [0, 0.1) is 11.8 Å². The van der Waals surface area contributed by atoms with Crippen molar-refractivity contribution in [2.45, 2.75) is 45.8 Å². The van der Waals surface area contributed by atoms with Crippen LogP contribution in [0.1, 0.15) is 33.6 Å². The van der Waals surface area contributed by atoms with E-state index < -0.39 is 17.9 Å². The molecule has 2 unspecified atom stereocenters. The molecule has 2 atom stereocenters. The van der Waals surface area contributed by atoms with Gasteiger partial charge < -0.3 is 16.3 Å². The molecule has 0 aromatic heterocycles. The molecule has 0 aliphatic carbocycles. The Morgan fingerprint density at radius 3 is 2.17 bits per heavy atom. The normalized spacial score (nSPS) is 16.9. The van der Waals surface area contributed by atoms with E-state index in [1.807, 2.05) is 20.8 Å². The lowest BCUT2D eigenvalue weighted by atomic mass is 9.95. The molecule has 0 amide bonds. The van der Waals surface area contributed by atoms with Gasteiger partial charge in [-0.1, -0.05) is 31.8 Å². The van der Waals surface area contributed by atoms with E-state index >= 15 is 0 Å². The number of amidine groups is 1. The van der Waals surface area contributed by atoms with Crippen molar-refractivity contribution in [2.24, 2.45) is 22.7 Å². The Balaban J connectivity index is 4.54. The molecule has 0 aliphatic rings. The lowest BCUT2D eigenvalue weighted by Crippen LogP contribution is -2.46. The average Bonchev–Trinajstić information content (AvgIpc) is 2.28. The van der Waals surface area contributed by atoms with Gasteiger partial charge in [0.2, 0.25) is 0 Å². The fourth-order valence-electron chi connectivity index (χ4n) is 1.92. The summed E-state index contributed by atoms with van der Waals surface area (Å²) in [6.45, 7) is 5.46. The van der Waals surface area contributed by atoms with Gasteiger partial charge in [-0.2, -0.15) is 13.2 Å². The topological polar surface area (TPSA) is 70.6 Å². The first-order valence-corrected chi connectivity index (χ1v) is 6.05. The molecule has 0 radical (unpaired) electrons. The van der Waals surface area contributed by atoms with Crippen LogP contribution in [0.4, 0.5) is 13.2 Å². The van der Waals surface area contributed by atoms with E-state index in [1.165, 1.54) is 0 Å². The molecule has 0 spiro atoms. The van der Waals surface area contributed by atoms with Crippen molar-refractivity contribution in [3.05, 3.63) is 0 Å². The summed E-state index contributed by atoms with van der Waals surface area (Å²) in [5.41, 5.74) is 5.07. The molecule has 0 aromatic rings. The van der Waals surface area contributed by atoms with Gasteiger partial charge >= 0.3 is 6.18 Å². The number of hydrogen-bond acceptors (Lipinski definition) is 3. The van der Waals surface area contributed by atoms with Crippen LogP contribution >= 0.6 is 0 Å². The van der Waals surface area contributed by atoms with Gasteiger partial charge in [-0.25, -0.2) is 0 Å². The summed E-state index contributed by atoms with van der Waals surface area (Å²) >= 11 is 0. The number of rotatable bonds is 7. The van der Waals surface area contributed by atoms with Crippen LogP contribution in [0.5, 0.6) is 0 Å². The summed E-state index contributed by atoms with van der Waals surface area (Å²) in [5, 5.41) is 13.6. The Hall–Kier alpha value is -0.980. The molecule has 7 heteroatoms. The molecular weight excluding hydrogens is 247 g/mol. The standard InChI is InChI=1S/C11H22F3N3O/c1-4-8(5-2)7(3)16-6-9(10(15)17-18)11(12,13)14/h7-9,16,18H,4-6H2,1-3H3,(H2,15,17). The summed E-state index contributed by atoms with van der Waals surface area (Å²) in [6.07, 6.45) is -2.73. The largest absolute Gasteiger partial charge is 0.409 e. The van der Waals surface area contributed by atoms with Crippen LogP contribution < -0.4 is 11.1 Å². The fourth-order valence-corrected chi connectivity index (χ4v) is 1.92. The van der Waals surface area contributed by atoms with E-state index in [1.54, 1.807) is 0 Å². The molecule has 0 aromatic carbocycles. The van der Waals surface area contributed by atoms with Gasteiger partial charge in [0.25, 0.3) is 0 Å². The Morgan fingerprint density at radius 1 is 1.33 bits per heavy atom. The van der Waals surface area contributed by atoms with E-state index in [4.69, 9.17) is 10.9 Å². The first-order chi connectivity index (χ1) is 8.27. The molecular formula is C11H22F3N3O. The van der Waals surface area contributed by atoms with Crippen molar-refractivity contribution in [3.8, 4) is 0 Å². The highest BCUT2D eigenvalue weighted by molar-refractivity contribution is 5.83. The van der Waals surface area contributed by atoms with Crippen molar-refractivity contribution < 1.29 is 18.4 Å². The number of halogens is 3. The predicted molar refractivity (Wildman–Crippen MR) is 64.5 cm³/mol. The van der Waals surface area contributed by atoms with Crippen molar-refractivity contribution in [2.75, 3.05) is 6.54 Å². The molecule has 0 heterocycles. The maximum atomic E-state index is 12.7. The Morgan fingerprint density at radius 2 is 1.83 bits per heavy atom. The van der Waals surface area contributed by atoms with Gasteiger partial charge in [-0.3, -0.25) is 0 Å². The second-order valence-electron chi connectivity index (χ2n) is 4.39. The zero-order chi connectivity index (χ0) is 14.3. The van der Waals surface area contributed by atoms with Crippen LogP contribution in [0.3, 0.4) is 0 Å². The van der Waals surface area contributed by atoms with E-state index in [-0.39, 0.29) is 12.6 Å². The predicted octanol–water partition coefficient (Wildman–Crippen LogP) is 2.33. The van der Waals surface area contributed by atoms with Crippen molar-refractivity contribution in [1.29, 1.82) is 0 Å². The summed E-state index contributed by atoms with van der Waals surface area (Å²) in [5.74, 6) is -2.46. The lowest BCUT2D eigenvalue weighted by Gasteiger charge is -2.26. The lowest BCUT2D eigenvalue weighted by molar-refractivity contribution is -0.155. The fraction of sp³-hybridized carbons (Fsp3) is 0.909. The number of nitrogens with zero attached hydrogens (tertiary/aromatic N) is 1. The Kier molecular flexibility index (Phi) is 7.05. The second kappa shape index (κ2) is 7.45. The number of hydrogen-bond donors (Lipinski definition) is 3. The highest BCUT2D eigenvalue weighted by Gasteiger charge is 2.42. The summed E-state index contributed by atoms with van der Waals surface area (Å²) in [4.78, 5) is 0. The smallest absolute Gasteiger partial charge is 0.400 e. The van der Waals surface area contributed by atoms with Gasteiger partial charge in [0, 0.05) is 12.6 Å². The zero-order valence-electron chi connectivity index (χ0n) is 11.0. The summed E-state index contributed by atoms with van der Waals surface area (Å²) in [6, 6.07) is -0.0451. The molecule has 0 rings (SSSR count). The zero-order valence-corrected chi connectivity index (χ0v) is 11.0. The molecule has 0 fully saturated rings. The van der Waals surface area contributed by atoms with Gasteiger partial charge in [-0.05, 0) is 12.8 Å². The number of oxime groups is 1. The quantitative estimate of drug-likeness (QED) is 0.287. The van der Waals surface area contributed by atoms with Gasteiger partial charge in [0.1, 0.15) is 5.92 Å². The summed E-state index contributed by atoms with van der Waals surface area (Å²) in [7, 11) is 0. The summed E-state index contributed by atoms with van der Waals surface area (Å²) < 4.78 is 38.0. The van der Waals surface area contributed by atoms with E-state index in [2.05, 4.69) is 10.5 Å². The number of alkyl halides is 3. The SMILES string of the molecule is CCC(CC)C(C)NCC(C(N)=NO)C(F)(F)F. The van der Waals surface area contributed by atoms with E-state index in [0.717, 1.165) is 12.8 Å². The number of nitrogens with one attached hydrogen (secondary N) is 1. The first-order valence-electron chi connectivity index (χ1n) is 6.05. The third kappa shape index (κ3) is 5.12. The first kappa shape index (κ1) is 17.0. The van der Waals surface area contributed by atoms with Crippen LogP contribution in [0.15, 0.2) is 5.16 Å². The monoisotopic (exact) mass is 269 g/mol. The molecule has 0 saturated heterocycles. The third-order valence-corrected chi connectivity index (χ3v) is 3.27. The van der Waals surface area contributed by atoms with Crippen molar-refractivity contribution in [1.82, 2.24) is 5.32 Å². The number of nitrogens with two attached hydrogens (primary N) is 1. The highest BCUT2D eigenvalue weighted by Crippen LogP contribution is 2.26. The molecule has 4 N–H and O–H groups in total. The van der Waals surface area contributed by atoms with Crippen LogP contribution in [-0.2, 0) is 0 Å². The average molecular weight is 269 g/mol. The minimum atomic E-state index is -4.52. The Bertz CT molecular complexity index is 265.